The van der Waals surface area contributed by atoms with Crippen molar-refractivity contribution in [1.29, 1.82) is 0 Å². The quantitative estimate of drug-likeness (QED) is 0.341. The molecule has 0 aliphatic rings. The summed E-state index contributed by atoms with van der Waals surface area (Å²) >= 11 is 0. The van der Waals surface area contributed by atoms with E-state index in [0.717, 1.165) is 0 Å². The molecule has 2 amide bonds. The maximum atomic E-state index is 11.0. The first-order valence-corrected chi connectivity index (χ1v) is 4.44. The van der Waals surface area contributed by atoms with Crippen LogP contribution in [0.4, 0.5) is 4.79 Å². The van der Waals surface area contributed by atoms with Gasteiger partial charge in [-0.3, -0.25) is 0 Å². The third-order valence-electron chi connectivity index (χ3n) is 1.52. The van der Waals surface area contributed by atoms with Crippen molar-refractivity contribution >= 4 is 12.0 Å². The number of carboxylic acid groups (broad SMARTS) is 1. The summed E-state index contributed by atoms with van der Waals surface area (Å²) < 4.78 is 0. The fourth-order valence-electron chi connectivity index (χ4n) is 0.732. The Balaban J connectivity index is 3.50. The number of hydrogen-bond donors (Lipinski definition) is 4. The van der Waals surface area contributed by atoms with Crippen molar-refractivity contribution < 1.29 is 19.8 Å². The number of unbranched alkanes of at least 4 members (excludes halogenated alkanes) is 1. The third kappa shape index (κ3) is 7.34. The van der Waals surface area contributed by atoms with Crippen LogP contribution in [0, 0.1) is 12.3 Å². The highest BCUT2D eigenvalue weighted by Gasteiger charge is 2.13. The number of carbonyl (C=O) groups is 2. The largest absolute Gasteiger partial charge is 0.479 e. The fourth-order valence-corrected chi connectivity index (χ4v) is 0.732. The zero-order valence-corrected chi connectivity index (χ0v) is 8.19. The van der Waals surface area contributed by atoms with Crippen LogP contribution in [-0.2, 0) is 4.79 Å². The number of hydrogen-bond acceptors (Lipinski definition) is 3. The number of carbonyl (C=O) groups excluding carboxylic acids is 1. The van der Waals surface area contributed by atoms with Crippen molar-refractivity contribution in [2.75, 3.05) is 13.1 Å². The summed E-state index contributed by atoms with van der Waals surface area (Å²) in [7, 11) is 0. The Hall–Kier alpha value is -1.74. The molecule has 6 nitrogen and oxygen atoms in total. The number of aliphatic hydroxyl groups is 1. The summed E-state index contributed by atoms with van der Waals surface area (Å²) in [6.45, 7) is 0.0928. The van der Waals surface area contributed by atoms with E-state index in [-0.39, 0.29) is 6.54 Å². The highest BCUT2D eigenvalue weighted by molar-refractivity contribution is 5.76. The zero-order chi connectivity index (χ0) is 11.7. The second-order valence-electron chi connectivity index (χ2n) is 2.80. The van der Waals surface area contributed by atoms with Crippen LogP contribution in [0.2, 0.25) is 0 Å². The molecule has 0 unspecified atom stereocenters. The molecule has 15 heavy (non-hydrogen) atoms. The number of aliphatic hydroxyl groups excluding tert-OH is 1. The summed E-state index contributed by atoms with van der Waals surface area (Å²) in [5, 5.41) is 21.8. The number of carboxylic acids is 1. The van der Waals surface area contributed by atoms with Crippen molar-refractivity contribution in [2.45, 2.75) is 18.9 Å². The first kappa shape index (κ1) is 13.3. The number of urea groups is 1. The van der Waals surface area contributed by atoms with Gasteiger partial charge >= 0.3 is 12.0 Å². The van der Waals surface area contributed by atoms with E-state index in [1.807, 2.05) is 0 Å². The second-order valence-corrected chi connectivity index (χ2v) is 2.80. The zero-order valence-electron chi connectivity index (χ0n) is 8.19. The van der Waals surface area contributed by atoms with Gasteiger partial charge in [-0.2, -0.15) is 0 Å². The van der Waals surface area contributed by atoms with Crippen molar-refractivity contribution in [1.82, 2.24) is 10.6 Å². The Morgan fingerprint density at radius 2 is 2.07 bits per heavy atom. The maximum absolute atomic E-state index is 11.0. The first-order valence-electron chi connectivity index (χ1n) is 4.44. The molecule has 0 saturated carbocycles. The van der Waals surface area contributed by atoms with Crippen LogP contribution in [0.5, 0.6) is 0 Å². The van der Waals surface area contributed by atoms with Gasteiger partial charge in [0.05, 0.1) is 6.54 Å². The van der Waals surface area contributed by atoms with Gasteiger partial charge in [-0.1, -0.05) is 0 Å². The summed E-state index contributed by atoms with van der Waals surface area (Å²) in [6.07, 6.45) is 4.64. The Kier molecular flexibility index (Phi) is 6.76. The normalized spacial score (nSPS) is 11.2. The van der Waals surface area contributed by atoms with E-state index >= 15 is 0 Å². The average molecular weight is 214 g/mol. The molecule has 0 radical (unpaired) electrons. The Morgan fingerprint density at radius 3 is 2.60 bits per heavy atom. The molecule has 0 aromatic rings. The number of nitrogens with one attached hydrogen (secondary N) is 2. The average Bonchev–Trinajstić information content (AvgIpc) is 2.20. The molecular weight excluding hydrogens is 200 g/mol. The third-order valence-corrected chi connectivity index (χ3v) is 1.52. The van der Waals surface area contributed by atoms with Gasteiger partial charge in [0.1, 0.15) is 0 Å². The fraction of sp³-hybridized carbons (Fsp3) is 0.556. The van der Waals surface area contributed by atoms with Gasteiger partial charge in [0.15, 0.2) is 6.10 Å². The van der Waals surface area contributed by atoms with Crippen LogP contribution in [-0.4, -0.2) is 41.4 Å². The predicted octanol–water partition coefficient (Wildman–Crippen LogP) is -0.856. The van der Waals surface area contributed by atoms with Gasteiger partial charge in [0, 0.05) is 13.0 Å². The highest BCUT2D eigenvalue weighted by atomic mass is 16.4. The monoisotopic (exact) mass is 214 g/mol. The van der Waals surface area contributed by atoms with E-state index in [4.69, 9.17) is 16.6 Å². The molecule has 0 spiro atoms. The molecular formula is C9H14N2O4. The smallest absolute Gasteiger partial charge is 0.334 e. The molecule has 0 aromatic carbocycles. The summed E-state index contributed by atoms with van der Waals surface area (Å²) in [5.74, 6) is 1.04. The van der Waals surface area contributed by atoms with Gasteiger partial charge in [0.25, 0.3) is 0 Å². The molecule has 0 bridgehead atoms. The van der Waals surface area contributed by atoms with Gasteiger partial charge in [-0.05, 0) is 6.42 Å². The minimum absolute atomic E-state index is 0.323. The van der Waals surface area contributed by atoms with E-state index in [0.29, 0.717) is 19.4 Å². The molecule has 0 heterocycles. The lowest BCUT2D eigenvalue weighted by molar-refractivity contribution is -0.146. The van der Waals surface area contributed by atoms with Gasteiger partial charge in [0.2, 0.25) is 0 Å². The molecule has 0 fully saturated rings. The van der Waals surface area contributed by atoms with Gasteiger partial charge in [-0.15, -0.1) is 12.3 Å². The second kappa shape index (κ2) is 7.64. The lowest BCUT2D eigenvalue weighted by Crippen LogP contribution is -2.42. The Bertz CT molecular complexity index is 259. The van der Waals surface area contributed by atoms with E-state index < -0.39 is 18.1 Å². The molecule has 0 aliphatic heterocycles. The molecule has 6 heteroatoms. The molecule has 1 atom stereocenters. The van der Waals surface area contributed by atoms with Crippen molar-refractivity contribution in [3.8, 4) is 12.3 Å². The first-order chi connectivity index (χ1) is 7.07. The van der Waals surface area contributed by atoms with E-state index in [2.05, 4.69) is 16.6 Å². The SMILES string of the molecule is C#CCCCNC(=O)NC[C@H](O)C(=O)O. The van der Waals surface area contributed by atoms with Gasteiger partial charge < -0.3 is 20.8 Å². The Labute approximate surface area is 87.7 Å². The standard InChI is InChI=1S/C9H14N2O4/c1-2-3-4-5-10-9(15)11-6-7(12)8(13)14/h1,7,12H,3-6H2,(H,13,14)(H2,10,11,15)/t7-/m0/s1. The lowest BCUT2D eigenvalue weighted by atomic mass is 10.3. The van der Waals surface area contributed by atoms with Crippen molar-refractivity contribution in [3.63, 3.8) is 0 Å². The number of amides is 2. The van der Waals surface area contributed by atoms with Crippen LogP contribution < -0.4 is 10.6 Å². The minimum Gasteiger partial charge on any atom is -0.479 e. The van der Waals surface area contributed by atoms with Crippen LogP contribution in [0.15, 0.2) is 0 Å². The summed E-state index contributed by atoms with van der Waals surface area (Å²) in [6, 6.07) is -0.521. The predicted molar refractivity (Wildman–Crippen MR) is 53.1 cm³/mol. The highest BCUT2D eigenvalue weighted by Crippen LogP contribution is 1.83. The molecule has 0 rings (SSSR count). The van der Waals surface area contributed by atoms with Crippen LogP contribution in [0.25, 0.3) is 0 Å². The molecule has 0 aromatic heterocycles. The number of terminal acetylenes is 1. The maximum Gasteiger partial charge on any atom is 0.334 e. The van der Waals surface area contributed by atoms with Crippen LogP contribution >= 0.6 is 0 Å². The number of rotatable bonds is 6. The minimum atomic E-state index is -1.58. The molecule has 0 aliphatic carbocycles. The van der Waals surface area contributed by atoms with Crippen LogP contribution in [0.3, 0.4) is 0 Å². The number of aliphatic carboxylic acids is 1. The topological polar surface area (TPSA) is 98.7 Å². The van der Waals surface area contributed by atoms with Crippen molar-refractivity contribution in [3.05, 3.63) is 0 Å². The Morgan fingerprint density at radius 1 is 1.40 bits per heavy atom. The van der Waals surface area contributed by atoms with E-state index in [1.165, 1.54) is 0 Å². The molecule has 84 valence electrons. The summed E-state index contributed by atoms with van der Waals surface area (Å²) in [4.78, 5) is 21.1. The van der Waals surface area contributed by atoms with Gasteiger partial charge in [-0.25, -0.2) is 9.59 Å². The van der Waals surface area contributed by atoms with E-state index in [1.54, 1.807) is 0 Å². The van der Waals surface area contributed by atoms with E-state index in [9.17, 15) is 9.59 Å². The van der Waals surface area contributed by atoms with Crippen molar-refractivity contribution in [2.24, 2.45) is 0 Å². The summed E-state index contributed by atoms with van der Waals surface area (Å²) in [5.41, 5.74) is 0. The molecule has 0 saturated heterocycles. The lowest BCUT2D eigenvalue weighted by Gasteiger charge is -2.08. The molecule has 4 N–H and O–H groups in total. The van der Waals surface area contributed by atoms with Crippen LogP contribution in [0.1, 0.15) is 12.8 Å².